The molecule has 0 rings (SSSR count). The van der Waals surface area contributed by atoms with Crippen LogP contribution in [-0.2, 0) is 33.4 Å². The van der Waals surface area contributed by atoms with Crippen LogP contribution in [0.1, 0.15) is 110 Å². The Morgan fingerprint density at radius 1 is 0.667 bits per heavy atom. The Morgan fingerprint density at radius 2 is 1.15 bits per heavy atom. The zero-order valence-electron chi connectivity index (χ0n) is 23.4. The molecule has 0 saturated carbocycles. The van der Waals surface area contributed by atoms with Crippen LogP contribution in [0.4, 0.5) is 0 Å². The highest BCUT2D eigenvalue weighted by Gasteiger charge is 2.21. The normalized spacial score (nSPS) is 13.2. The standard InChI is InChI=1S/C27H49N3O9/c1-2-3-4-5-6-7-8-9-10-13-23(31)30-20(19-39-27(37)22(29)15-17-25(34)35)12-11-18-38-26(36)21(28)14-16-24(32)33/h20-22H,2-19,28-29H2,1H3,(H,30,31)(H,32,33)(H,34,35). The third kappa shape index (κ3) is 21.8. The van der Waals surface area contributed by atoms with Gasteiger partial charge in [0.05, 0.1) is 12.6 Å². The van der Waals surface area contributed by atoms with Crippen LogP contribution in [0.3, 0.4) is 0 Å². The van der Waals surface area contributed by atoms with Crippen LogP contribution in [0.15, 0.2) is 0 Å². The molecule has 12 nitrogen and oxygen atoms in total. The Hall–Kier alpha value is -2.73. The number of amides is 1. The maximum absolute atomic E-state index is 12.5. The highest BCUT2D eigenvalue weighted by atomic mass is 16.5. The summed E-state index contributed by atoms with van der Waals surface area (Å²) in [5.74, 6) is -3.78. The summed E-state index contributed by atoms with van der Waals surface area (Å²) in [6.45, 7) is 2.03. The number of carbonyl (C=O) groups is 5. The molecule has 0 radical (unpaired) electrons. The number of nitrogens with one attached hydrogen (secondary N) is 1. The van der Waals surface area contributed by atoms with E-state index in [0.717, 1.165) is 25.7 Å². The van der Waals surface area contributed by atoms with Gasteiger partial charge in [0.25, 0.3) is 0 Å². The van der Waals surface area contributed by atoms with Crippen molar-refractivity contribution >= 4 is 29.8 Å². The van der Waals surface area contributed by atoms with Crippen LogP contribution in [0.25, 0.3) is 0 Å². The second-order valence-corrected chi connectivity index (χ2v) is 9.86. The van der Waals surface area contributed by atoms with E-state index in [0.29, 0.717) is 19.3 Å². The van der Waals surface area contributed by atoms with Crippen LogP contribution in [0, 0.1) is 0 Å². The lowest BCUT2D eigenvalue weighted by molar-refractivity contribution is -0.147. The number of hydrogen-bond acceptors (Lipinski definition) is 9. The van der Waals surface area contributed by atoms with E-state index in [4.69, 9.17) is 31.2 Å². The van der Waals surface area contributed by atoms with Gasteiger partial charge in [-0.1, -0.05) is 58.3 Å². The molecule has 226 valence electrons. The number of nitrogens with two attached hydrogens (primary N) is 2. The lowest BCUT2D eigenvalue weighted by atomic mass is 10.1. The second kappa shape index (κ2) is 23.2. The van der Waals surface area contributed by atoms with Gasteiger partial charge in [-0.25, -0.2) is 0 Å². The van der Waals surface area contributed by atoms with E-state index >= 15 is 0 Å². The maximum Gasteiger partial charge on any atom is 0.322 e. The number of carboxylic acid groups (broad SMARTS) is 2. The van der Waals surface area contributed by atoms with E-state index in [-0.39, 0.29) is 44.8 Å². The second-order valence-electron chi connectivity index (χ2n) is 9.86. The summed E-state index contributed by atoms with van der Waals surface area (Å²) in [7, 11) is 0. The summed E-state index contributed by atoms with van der Waals surface area (Å²) in [5.41, 5.74) is 11.3. The molecule has 0 aliphatic heterocycles. The van der Waals surface area contributed by atoms with Crippen molar-refractivity contribution in [2.45, 2.75) is 128 Å². The van der Waals surface area contributed by atoms with Crippen LogP contribution in [0.2, 0.25) is 0 Å². The van der Waals surface area contributed by atoms with Crippen molar-refractivity contribution in [3.05, 3.63) is 0 Å². The molecule has 0 aromatic rings. The molecule has 0 aliphatic carbocycles. The number of carboxylic acids is 2. The first-order valence-corrected chi connectivity index (χ1v) is 14.1. The molecule has 12 heteroatoms. The fourth-order valence-electron chi connectivity index (χ4n) is 3.79. The van der Waals surface area contributed by atoms with Gasteiger partial charge in [-0.3, -0.25) is 24.0 Å². The molecule has 0 spiro atoms. The average Bonchev–Trinajstić information content (AvgIpc) is 2.89. The highest BCUT2D eigenvalue weighted by molar-refractivity contribution is 5.78. The minimum absolute atomic E-state index is 0.00367. The quantitative estimate of drug-likeness (QED) is 0.0811. The van der Waals surface area contributed by atoms with Crippen molar-refractivity contribution < 1.29 is 43.7 Å². The molecule has 0 aliphatic rings. The first kappa shape index (κ1) is 36.3. The monoisotopic (exact) mass is 559 g/mol. The maximum atomic E-state index is 12.5. The van der Waals surface area contributed by atoms with E-state index in [1.807, 2.05) is 0 Å². The van der Waals surface area contributed by atoms with Gasteiger partial charge >= 0.3 is 23.9 Å². The lowest BCUT2D eigenvalue weighted by Gasteiger charge is -2.20. The molecule has 1 amide bonds. The van der Waals surface area contributed by atoms with Crippen LogP contribution < -0.4 is 16.8 Å². The molecular weight excluding hydrogens is 510 g/mol. The predicted molar refractivity (Wildman–Crippen MR) is 145 cm³/mol. The summed E-state index contributed by atoms with van der Waals surface area (Å²) in [4.78, 5) is 57.8. The molecule has 0 saturated heterocycles. The molecule has 0 aromatic heterocycles. The number of unbranched alkanes of at least 4 members (excludes halogenated alkanes) is 8. The first-order chi connectivity index (χ1) is 18.6. The molecular formula is C27H49N3O9. The minimum atomic E-state index is -1.09. The van der Waals surface area contributed by atoms with Crippen molar-refractivity contribution in [2.24, 2.45) is 11.5 Å². The molecule has 7 N–H and O–H groups in total. The molecule has 0 bridgehead atoms. The highest BCUT2D eigenvalue weighted by Crippen LogP contribution is 2.11. The number of hydrogen-bond donors (Lipinski definition) is 5. The van der Waals surface area contributed by atoms with Crippen LogP contribution in [0.5, 0.6) is 0 Å². The number of ether oxygens (including phenoxy) is 2. The van der Waals surface area contributed by atoms with Gasteiger partial charge in [0, 0.05) is 19.3 Å². The third-order valence-electron chi connectivity index (χ3n) is 6.18. The van der Waals surface area contributed by atoms with Gasteiger partial charge < -0.3 is 36.5 Å². The topological polar surface area (TPSA) is 208 Å². The van der Waals surface area contributed by atoms with Crippen molar-refractivity contribution in [1.82, 2.24) is 5.32 Å². The molecule has 39 heavy (non-hydrogen) atoms. The molecule has 3 unspecified atom stereocenters. The van der Waals surface area contributed by atoms with E-state index in [1.54, 1.807) is 0 Å². The SMILES string of the molecule is CCCCCCCCCCCC(=O)NC(CCCOC(=O)C(N)CCC(=O)O)COC(=O)C(N)CCC(=O)O. The number of aliphatic carboxylic acids is 2. The fraction of sp³-hybridized carbons (Fsp3) is 0.815. The number of carbonyl (C=O) groups excluding carboxylic acids is 3. The largest absolute Gasteiger partial charge is 0.481 e. The Labute approximate surface area is 231 Å². The van der Waals surface area contributed by atoms with E-state index in [1.165, 1.54) is 32.1 Å². The summed E-state index contributed by atoms with van der Waals surface area (Å²) < 4.78 is 10.3. The Morgan fingerprint density at radius 3 is 1.67 bits per heavy atom. The van der Waals surface area contributed by atoms with Crippen molar-refractivity contribution in [2.75, 3.05) is 13.2 Å². The summed E-state index contributed by atoms with van der Waals surface area (Å²) in [6, 6.07) is -2.68. The van der Waals surface area contributed by atoms with Gasteiger partial charge in [-0.2, -0.15) is 0 Å². The van der Waals surface area contributed by atoms with Crippen LogP contribution >= 0.6 is 0 Å². The van der Waals surface area contributed by atoms with Crippen molar-refractivity contribution in [1.29, 1.82) is 0 Å². The van der Waals surface area contributed by atoms with Crippen molar-refractivity contribution in [3.8, 4) is 0 Å². The minimum Gasteiger partial charge on any atom is -0.481 e. The van der Waals surface area contributed by atoms with E-state index in [2.05, 4.69) is 12.2 Å². The summed E-state index contributed by atoms with van der Waals surface area (Å²) in [5, 5.41) is 20.3. The molecule has 0 aromatic carbocycles. The number of rotatable bonds is 25. The fourth-order valence-corrected chi connectivity index (χ4v) is 3.79. The zero-order chi connectivity index (χ0) is 29.5. The smallest absolute Gasteiger partial charge is 0.322 e. The average molecular weight is 560 g/mol. The molecule has 0 fully saturated rings. The summed E-state index contributed by atoms with van der Waals surface area (Å²) in [6.07, 6.45) is 10.6. The zero-order valence-corrected chi connectivity index (χ0v) is 23.4. The number of esters is 2. The third-order valence-corrected chi connectivity index (χ3v) is 6.18. The predicted octanol–water partition coefficient (Wildman–Crippen LogP) is 2.64. The van der Waals surface area contributed by atoms with Gasteiger partial charge in [0.2, 0.25) is 5.91 Å². The lowest BCUT2D eigenvalue weighted by Crippen LogP contribution is -2.41. The van der Waals surface area contributed by atoms with Gasteiger partial charge in [-0.15, -0.1) is 0 Å². The van der Waals surface area contributed by atoms with Crippen LogP contribution in [-0.4, -0.2) is 71.3 Å². The first-order valence-electron chi connectivity index (χ1n) is 14.1. The Balaban J connectivity index is 4.56. The Bertz CT molecular complexity index is 733. The van der Waals surface area contributed by atoms with E-state index < -0.39 is 42.0 Å². The summed E-state index contributed by atoms with van der Waals surface area (Å²) >= 11 is 0. The van der Waals surface area contributed by atoms with E-state index in [9.17, 15) is 24.0 Å². The van der Waals surface area contributed by atoms with Gasteiger partial charge in [-0.05, 0) is 32.1 Å². The molecule has 3 atom stereocenters. The Kier molecular flexibility index (Phi) is 21.6. The molecule has 0 heterocycles. The van der Waals surface area contributed by atoms with Crippen molar-refractivity contribution in [3.63, 3.8) is 0 Å². The van der Waals surface area contributed by atoms with Gasteiger partial charge in [0.1, 0.15) is 18.7 Å². The van der Waals surface area contributed by atoms with Gasteiger partial charge in [0.15, 0.2) is 0 Å².